The molecular formula is C62H102N4O47. The first-order chi connectivity index (χ1) is 53.1. The van der Waals surface area contributed by atoms with E-state index in [0.717, 1.165) is 27.7 Å². The molecular weight excluding hydrogens is 1550 g/mol. The summed E-state index contributed by atoms with van der Waals surface area (Å²) in [6.07, 6.45) is -82.0. The lowest BCUT2D eigenvalue weighted by Crippen LogP contribution is -2.71. The van der Waals surface area contributed by atoms with E-state index in [1.165, 1.54) is 0 Å². The van der Waals surface area contributed by atoms with Gasteiger partial charge in [-0.25, -0.2) is 9.59 Å². The molecule has 51 heteroatoms. The van der Waals surface area contributed by atoms with Crippen LogP contribution in [0.1, 0.15) is 40.5 Å². The molecule has 8 rings (SSSR count). The van der Waals surface area contributed by atoms with Crippen LogP contribution in [0, 0.1) is 0 Å². The lowest BCUT2D eigenvalue weighted by molar-refractivity contribution is -0.392. The smallest absolute Gasteiger partial charge is 0.364 e. The number of carboxylic acids is 2. The van der Waals surface area contributed by atoms with Crippen molar-refractivity contribution in [3.8, 4) is 0 Å². The van der Waals surface area contributed by atoms with Crippen molar-refractivity contribution < 1.29 is 233 Å². The molecule has 4 amide bonds. The van der Waals surface area contributed by atoms with Gasteiger partial charge < -0.3 is 225 Å². The molecule has 0 aliphatic carbocycles. The van der Waals surface area contributed by atoms with Crippen LogP contribution in [-0.2, 0) is 99.8 Å². The normalized spacial score (nSPS) is 45.6. The van der Waals surface area contributed by atoms with E-state index in [-0.39, 0.29) is 0 Å². The summed E-state index contributed by atoms with van der Waals surface area (Å²) in [5, 5.41) is 295. The zero-order valence-corrected chi connectivity index (χ0v) is 60.4. The summed E-state index contributed by atoms with van der Waals surface area (Å²) in [5.41, 5.74) is 0. The average Bonchev–Trinajstić information content (AvgIpc) is 0.751. The average molecular weight is 1660 g/mol. The highest BCUT2D eigenvalue weighted by Gasteiger charge is 2.64. The second-order valence-electron chi connectivity index (χ2n) is 28.2. The summed E-state index contributed by atoms with van der Waals surface area (Å²) in [6, 6.07) is -7.50. The van der Waals surface area contributed by atoms with Gasteiger partial charge in [-0.2, -0.15) is 0 Å². The van der Waals surface area contributed by atoms with Gasteiger partial charge >= 0.3 is 11.9 Å². The number of carbonyl (C=O) groups is 6. The first-order valence-corrected chi connectivity index (χ1v) is 35.4. The highest BCUT2D eigenvalue weighted by molar-refractivity contribution is 5.78. The number of carbonyl (C=O) groups excluding carboxylic acids is 4. The number of amides is 4. The Bertz CT molecular complexity index is 3110. The van der Waals surface area contributed by atoms with Crippen LogP contribution in [0.2, 0.25) is 0 Å². The van der Waals surface area contributed by atoms with Crippen molar-refractivity contribution >= 4 is 35.6 Å². The largest absolute Gasteiger partial charge is 0.477 e. The topological polar surface area (TPSA) is 815 Å². The Morgan fingerprint density at radius 1 is 0.363 bits per heavy atom. The lowest BCUT2D eigenvalue weighted by Gasteiger charge is -2.51. The third-order valence-electron chi connectivity index (χ3n) is 20.2. The van der Waals surface area contributed by atoms with Crippen LogP contribution in [0.5, 0.6) is 0 Å². The first kappa shape index (κ1) is 93.8. The number of hydrogen-bond acceptors (Lipinski definition) is 45. The molecule has 652 valence electrons. The molecule has 113 heavy (non-hydrogen) atoms. The van der Waals surface area contributed by atoms with E-state index in [1.54, 1.807) is 0 Å². The Kier molecular flexibility index (Phi) is 33.1. The minimum atomic E-state index is -3.29. The maximum absolute atomic E-state index is 13.2. The molecule has 0 aromatic rings. The van der Waals surface area contributed by atoms with E-state index >= 15 is 0 Å². The molecule has 0 bridgehead atoms. The van der Waals surface area contributed by atoms with Gasteiger partial charge in [-0.05, 0) is 0 Å². The van der Waals surface area contributed by atoms with E-state index in [9.17, 15) is 162 Å². The Morgan fingerprint density at radius 3 is 1.04 bits per heavy atom. The molecule has 0 aromatic heterocycles. The van der Waals surface area contributed by atoms with Crippen molar-refractivity contribution in [1.29, 1.82) is 0 Å². The summed E-state index contributed by atoms with van der Waals surface area (Å²) in [4.78, 5) is 76.8. The van der Waals surface area contributed by atoms with Gasteiger partial charge in [0.05, 0.1) is 77.1 Å². The fourth-order valence-electron chi connectivity index (χ4n) is 14.4. The Hall–Kier alpha value is -4.74. The Balaban J connectivity index is 1.06. The molecule has 30 N–H and O–H groups in total. The van der Waals surface area contributed by atoms with E-state index in [2.05, 4.69) is 21.3 Å². The van der Waals surface area contributed by atoms with E-state index < -0.39 is 358 Å². The number of rotatable bonds is 32. The van der Waals surface area contributed by atoms with Crippen molar-refractivity contribution in [3.05, 3.63) is 0 Å². The standard InChI is InChI=1S/C62H102N4O47/c1-15(74)63-29-19(78)5-61(59(95)96,110-48(29)33(82)21(80)7-67)112-51-35(84)23(9-69)101-57(43(51)92)106-45-26(12-72)103-54(31(38(45)87)65-17(3)76)99-14-28-37(86)50(42(91)56(105-28)108-47-25(11-71)100-53(94)41(90)40(47)89)109-55-32(66-18(4)77)39(88)46(27(13-73)104-55)107-58-44(93)52(36(85)24(10-70)102-58)113-62(60(97)98)6-20(79)30(64-16(2)75)49(111-62)34(83)22(81)8-68/h19-58,67-73,78-94H,5-14H2,1-4H3,(H,63,74)(H,64,75)(H,65,76)(H,66,77)(H,95,96)(H,97,98)/t19-,20-,21+,22+,23+,24+,25+,26+,27+,28+,29+,30+,31+,32-,33+,34+,35-,36-,37-,38+,39+,40+,41+,42+,43+,44+,45+,46+,47+,48+,49+,50-,51-,52-,53?,54+,55-,56-,57-,58-,61-,62-/m0/s1. The third kappa shape index (κ3) is 20.6. The number of aliphatic hydroxyl groups is 24. The highest BCUT2D eigenvalue weighted by atomic mass is 16.8. The molecule has 8 aliphatic rings. The van der Waals surface area contributed by atoms with Crippen LogP contribution in [0.3, 0.4) is 0 Å². The van der Waals surface area contributed by atoms with Crippen molar-refractivity contribution in [2.24, 2.45) is 0 Å². The maximum Gasteiger partial charge on any atom is 0.364 e. The number of ether oxygens (including phenoxy) is 15. The van der Waals surface area contributed by atoms with Crippen LogP contribution < -0.4 is 21.3 Å². The van der Waals surface area contributed by atoms with Crippen LogP contribution in [0.15, 0.2) is 0 Å². The van der Waals surface area contributed by atoms with Crippen molar-refractivity contribution in [3.63, 3.8) is 0 Å². The number of carboxylic acid groups (broad SMARTS) is 2. The molecule has 0 aromatic carbocycles. The van der Waals surface area contributed by atoms with Gasteiger partial charge in [-0.1, -0.05) is 0 Å². The molecule has 8 heterocycles. The Morgan fingerprint density at radius 2 is 0.673 bits per heavy atom. The van der Waals surface area contributed by atoms with Gasteiger partial charge in [0, 0.05) is 40.5 Å². The number of aliphatic hydroxyl groups excluding tert-OH is 24. The number of hydrogen-bond donors (Lipinski definition) is 30. The van der Waals surface area contributed by atoms with Crippen LogP contribution >= 0.6 is 0 Å². The molecule has 8 aliphatic heterocycles. The van der Waals surface area contributed by atoms with Crippen molar-refractivity contribution in [2.75, 3.05) is 52.9 Å². The molecule has 1 unspecified atom stereocenters. The lowest BCUT2D eigenvalue weighted by atomic mass is 9.88. The monoisotopic (exact) mass is 1650 g/mol. The molecule has 42 atom stereocenters. The summed E-state index contributed by atoms with van der Waals surface area (Å²) < 4.78 is 87.0. The van der Waals surface area contributed by atoms with Crippen LogP contribution in [-0.4, -0.2) is 478 Å². The molecule has 0 radical (unpaired) electrons. The first-order valence-electron chi connectivity index (χ1n) is 35.4. The fraction of sp³-hybridized carbons (Fsp3) is 0.903. The zero-order valence-electron chi connectivity index (χ0n) is 60.4. The predicted molar refractivity (Wildman–Crippen MR) is 345 cm³/mol. The summed E-state index contributed by atoms with van der Waals surface area (Å²) >= 11 is 0. The van der Waals surface area contributed by atoms with Crippen LogP contribution in [0.25, 0.3) is 0 Å². The van der Waals surface area contributed by atoms with Gasteiger partial charge in [0.15, 0.2) is 37.7 Å². The quantitative estimate of drug-likeness (QED) is 0.0297. The van der Waals surface area contributed by atoms with Crippen molar-refractivity contribution in [2.45, 2.75) is 297 Å². The SMILES string of the molecule is CC(=O)N[C@@H]1[C@H](O[C@H]2[C@@H](O)[C@@H](CO[C@@H]3O[C@H](CO)[C@@H](O[C@@H]4O[C@H](CO)[C@H](O)[C@H](O[C@]5(C(=O)O)C[C@H](O)[C@@H](NC(C)=O)[C@H]([C@H](O)[C@H](O)CO)O5)[C@H]4O)[C@H](O)[C@H]3NC(C)=O)O[C@@H](O[C@H]3[C@H](O)[C@@H](O)C(O)O[C@@H]3CO)[C@@H]2O)O[C@H](CO)[C@@H](O[C@@H]2O[C@H](CO)[C@H](O)[C@H](O[C@]3(C(=O)O)C[C@H](O)[C@@H](NC(C)=O)[C@H]([C@H](O)[C@H](O)CO)O3)[C@H]2O)[C@@H]1O. The summed E-state index contributed by atoms with van der Waals surface area (Å²) in [7, 11) is 0. The van der Waals surface area contributed by atoms with Crippen molar-refractivity contribution in [1.82, 2.24) is 21.3 Å². The van der Waals surface area contributed by atoms with Gasteiger partial charge in [-0.15, -0.1) is 0 Å². The fourth-order valence-corrected chi connectivity index (χ4v) is 14.4. The highest BCUT2D eigenvalue weighted by Crippen LogP contribution is 2.43. The summed E-state index contributed by atoms with van der Waals surface area (Å²) in [6.45, 7) is -5.84. The number of aliphatic carboxylic acids is 2. The second-order valence-corrected chi connectivity index (χ2v) is 28.2. The third-order valence-corrected chi connectivity index (χ3v) is 20.2. The number of nitrogens with one attached hydrogen (secondary N) is 4. The zero-order chi connectivity index (χ0) is 84.1. The molecule has 0 saturated carbocycles. The molecule has 0 spiro atoms. The molecule has 51 nitrogen and oxygen atoms in total. The molecule has 8 saturated heterocycles. The predicted octanol–water partition coefficient (Wildman–Crippen LogP) is -19.5. The van der Waals surface area contributed by atoms with Gasteiger partial charge in [0.2, 0.25) is 23.6 Å². The maximum atomic E-state index is 13.2. The van der Waals surface area contributed by atoms with E-state index in [1.807, 2.05) is 0 Å². The van der Waals surface area contributed by atoms with Gasteiger partial charge in [0.1, 0.15) is 183 Å². The van der Waals surface area contributed by atoms with E-state index in [0.29, 0.717) is 0 Å². The Labute approximate surface area is 637 Å². The summed E-state index contributed by atoms with van der Waals surface area (Å²) in [5.74, 6) is -14.6. The van der Waals surface area contributed by atoms with Gasteiger partial charge in [-0.3, -0.25) is 19.2 Å². The minimum Gasteiger partial charge on any atom is -0.477 e. The second kappa shape index (κ2) is 39.9. The molecule has 8 fully saturated rings. The van der Waals surface area contributed by atoms with Gasteiger partial charge in [0.25, 0.3) is 11.6 Å². The van der Waals surface area contributed by atoms with Crippen LogP contribution in [0.4, 0.5) is 0 Å². The minimum absolute atomic E-state index is 0.869. The van der Waals surface area contributed by atoms with E-state index in [4.69, 9.17) is 71.1 Å².